The molecule has 0 N–H and O–H groups in total. The van der Waals surface area contributed by atoms with Crippen LogP contribution in [0, 0.1) is 22.0 Å². The minimum absolute atomic E-state index is 0.0730. The lowest BCUT2D eigenvalue weighted by Crippen LogP contribution is -2.13. The van der Waals surface area contributed by atoms with Crippen molar-refractivity contribution in [2.45, 2.75) is 50.9 Å². The van der Waals surface area contributed by atoms with E-state index in [1.165, 1.54) is 38.2 Å². The lowest BCUT2D eigenvalue weighted by molar-refractivity contribution is -0.385. The van der Waals surface area contributed by atoms with Crippen LogP contribution in [0.1, 0.15) is 56.4 Å². The molecule has 23 heavy (non-hydrogen) atoms. The molecule has 4 nitrogen and oxygen atoms in total. The monoisotopic (exact) mass is 313 g/mol. The van der Waals surface area contributed by atoms with Crippen molar-refractivity contribution >= 4 is 11.5 Å². The Kier molecular flexibility index (Phi) is 4.89. The van der Waals surface area contributed by atoms with Crippen LogP contribution >= 0.6 is 0 Å². The van der Waals surface area contributed by atoms with Crippen molar-refractivity contribution in [3.8, 4) is 0 Å². The number of para-hydroxylation sites is 1. The number of nitro benzene ring substituents is 1. The summed E-state index contributed by atoms with van der Waals surface area (Å²) in [5.41, 5.74) is 0.655. The highest BCUT2D eigenvalue weighted by Crippen LogP contribution is 2.41. The van der Waals surface area contributed by atoms with Crippen LogP contribution in [0.25, 0.3) is 0 Å². The molecular formula is C19H23NO3. The molecule has 2 saturated carbocycles. The number of nitro groups is 1. The first-order valence-corrected chi connectivity index (χ1v) is 8.61. The molecule has 0 aliphatic heterocycles. The molecular weight excluding hydrogens is 290 g/mol. The summed E-state index contributed by atoms with van der Waals surface area (Å²) in [5.74, 6) is 0.505. The zero-order chi connectivity index (χ0) is 16.2. The van der Waals surface area contributed by atoms with Crippen molar-refractivity contribution < 1.29 is 9.72 Å². The highest BCUT2D eigenvalue weighted by atomic mass is 16.6. The van der Waals surface area contributed by atoms with Gasteiger partial charge in [-0.25, -0.2) is 0 Å². The Balaban J connectivity index is 1.83. The van der Waals surface area contributed by atoms with Gasteiger partial charge in [-0.1, -0.05) is 49.6 Å². The van der Waals surface area contributed by atoms with Crippen molar-refractivity contribution in [2.75, 3.05) is 0 Å². The van der Waals surface area contributed by atoms with E-state index in [0.717, 1.165) is 6.42 Å². The lowest BCUT2D eigenvalue weighted by Gasteiger charge is -2.20. The van der Waals surface area contributed by atoms with E-state index < -0.39 is 0 Å². The Labute approximate surface area is 136 Å². The van der Waals surface area contributed by atoms with E-state index in [2.05, 4.69) is 12.2 Å². The third-order valence-corrected chi connectivity index (χ3v) is 5.25. The number of carbonyl (C=O) groups excluding carboxylic acids is 1. The molecule has 0 bridgehead atoms. The van der Waals surface area contributed by atoms with Gasteiger partial charge in [-0.2, -0.15) is 0 Å². The summed E-state index contributed by atoms with van der Waals surface area (Å²) in [5, 5.41) is 11.3. The molecule has 1 aromatic rings. The van der Waals surface area contributed by atoms with Crippen molar-refractivity contribution in [1.29, 1.82) is 0 Å². The summed E-state index contributed by atoms with van der Waals surface area (Å²) in [4.78, 5) is 23.3. The molecule has 0 heterocycles. The van der Waals surface area contributed by atoms with Gasteiger partial charge in [-0.05, 0) is 31.1 Å². The number of benzene rings is 1. The summed E-state index contributed by atoms with van der Waals surface area (Å²) in [6.07, 6.45) is 12.1. The van der Waals surface area contributed by atoms with Gasteiger partial charge >= 0.3 is 0 Å². The topological polar surface area (TPSA) is 60.2 Å². The fourth-order valence-electron chi connectivity index (χ4n) is 4.02. The summed E-state index contributed by atoms with van der Waals surface area (Å²) in [7, 11) is 0. The molecule has 3 rings (SSSR count). The van der Waals surface area contributed by atoms with Crippen LogP contribution in [-0.4, -0.2) is 10.7 Å². The van der Waals surface area contributed by atoms with Gasteiger partial charge in [-0.3, -0.25) is 14.9 Å². The Hall–Kier alpha value is -1.97. The third-order valence-electron chi connectivity index (χ3n) is 5.25. The smallest absolute Gasteiger partial charge is 0.273 e. The van der Waals surface area contributed by atoms with Crippen molar-refractivity contribution in [2.24, 2.45) is 11.8 Å². The average Bonchev–Trinajstić information content (AvgIpc) is 2.94. The minimum atomic E-state index is -0.372. The Morgan fingerprint density at radius 3 is 2.52 bits per heavy atom. The molecule has 1 aromatic carbocycles. The fourth-order valence-corrected chi connectivity index (χ4v) is 4.02. The lowest BCUT2D eigenvalue weighted by atomic mass is 9.84. The van der Waals surface area contributed by atoms with E-state index in [1.807, 2.05) is 0 Å². The molecule has 4 heteroatoms. The Morgan fingerprint density at radius 2 is 1.78 bits per heavy atom. The van der Waals surface area contributed by atoms with Crippen LogP contribution in [0.5, 0.6) is 0 Å². The second-order valence-electron chi connectivity index (χ2n) is 6.75. The van der Waals surface area contributed by atoms with E-state index in [-0.39, 0.29) is 28.2 Å². The van der Waals surface area contributed by atoms with Crippen LogP contribution in [0.15, 0.2) is 36.4 Å². The largest absolute Gasteiger partial charge is 0.299 e. The maximum atomic E-state index is 12.4. The second-order valence-corrected chi connectivity index (χ2v) is 6.75. The summed E-state index contributed by atoms with van der Waals surface area (Å²) in [6, 6.07) is 6.69. The van der Waals surface area contributed by atoms with Gasteiger partial charge in [0.05, 0.1) is 10.8 Å². The van der Waals surface area contributed by atoms with Crippen LogP contribution in [0.3, 0.4) is 0 Å². The number of ketones is 1. The number of carbonyl (C=O) groups is 1. The van der Waals surface area contributed by atoms with E-state index in [1.54, 1.807) is 18.2 Å². The molecule has 2 aliphatic carbocycles. The number of rotatable bonds is 4. The van der Waals surface area contributed by atoms with Crippen LogP contribution < -0.4 is 0 Å². The molecule has 2 atom stereocenters. The molecule has 0 amide bonds. The van der Waals surface area contributed by atoms with Gasteiger partial charge in [0.2, 0.25) is 0 Å². The minimum Gasteiger partial charge on any atom is -0.299 e. The van der Waals surface area contributed by atoms with E-state index in [4.69, 9.17) is 0 Å². The molecule has 0 unspecified atom stereocenters. The van der Waals surface area contributed by atoms with Crippen LogP contribution in [0.4, 0.5) is 5.69 Å². The molecule has 0 aromatic heterocycles. The predicted octanol–water partition coefficient (Wildman–Crippen LogP) is 4.79. The maximum Gasteiger partial charge on any atom is 0.273 e. The normalized spacial score (nSPS) is 26.0. The van der Waals surface area contributed by atoms with Crippen LogP contribution in [0.2, 0.25) is 0 Å². The first kappa shape index (κ1) is 15.9. The highest BCUT2D eigenvalue weighted by Gasteiger charge is 2.37. The van der Waals surface area contributed by atoms with Crippen molar-refractivity contribution in [1.82, 2.24) is 0 Å². The highest BCUT2D eigenvalue weighted by molar-refractivity contribution is 5.89. The van der Waals surface area contributed by atoms with Crippen molar-refractivity contribution in [3.63, 3.8) is 0 Å². The van der Waals surface area contributed by atoms with Gasteiger partial charge in [0, 0.05) is 18.1 Å². The summed E-state index contributed by atoms with van der Waals surface area (Å²) in [6.45, 7) is 0. The first-order chi connectivity index (χ1) is 11.2. The SMILES string of the molecule is O=C1CC[C@@H](/C=C/C2CCCCC2)[C@@H]1c1ccccc1[N+](=O)[O-]. The summed E-state index contributed by atoms with van der Waals surface area (Å²) < 4.78 is 0. The molecule has 0 spiro atoms. The Bertz CT molecular complexity index is 617. The number of hydrogen-bond donors (Lipinski definition) is 0. The molecule has 122 valence electrons. The van der Waals surface area contributed by atoms with Gasteiger partial charge in [0.1, 0.15) is 5.78 Å². The van der Waals surface area contributed by atoms with Crippen molar-refractivity contribution in [3.05, 3.63) is 52.1 Å². The van der Waals surface area contributed by atoms with E-state index >= 15 is 0 Å². The molecule has 0 saturated heterocycles. The van der Waals surface area contributed by atoms with Gasteiger partial charge < -0.3 is 0 Å². The third kappa shape index (κ3) is 3.52. The number of allylic oxidation sites excluding steroid dienone is 2. The number of nitrogens with zero attached hydrogens (tertiary/aromatic N) is 1. The van der Waals surface area contributed by atoms with E-state index in [0.29, 0.717) is 17.9 Å². The standard InChI is InChI=1S/C19H23NO3/c21-18-13-12-15(11-10-14-6-2-1-3-7-14)19(18)16-8-4-5-9-17(16)20(22)23/h4-5,8-11,14-15,19H,1-3,6-7,12-13H2/b11-10+/t15-,19-/m1/s1. The fraction of sp³-hybridized carbons (Fsp3) is 0.526. The van der Waals surface area contributed by atoms with Crippen LogP contribution in [-0.2, 0) is 4.79 Å². The first-order valence-electron chi connectivity index (χ1n) is 8.61. The molecule has 0 radical (unpaired) electrons. The number of hydrogen-bond acceptors (Lipinski definition) is 3. The molecule has 2 fully saturated rings. The predicted molar refractivity (Wildman–Crippen MR) is 89.3 cm³/mol. The van der Waals surface area contributed by atoms with Gasteiger partial charge in [0.25, 0.3) is 5.69 Å². The zero-order valence-corrected chi connectivity index (χ0v) is 13.3. The second kappa shape index (κ2) is 7.07. The van der Waals surface area contributed by atoms with E-state index in [9.17, 15) is 14.9 Å². The average molecular weight is 313 g/mol. The quantitative estimate of drug-likeness (QED) is 0.456. The van der Waals surface area contributed by atoms with Gasteiger partial charge in [-0.15, -0.1) is 0 Å². The Morgan fingerprint density at radius 1 is 1.04 bits per heavy atom. The maximum absolute atomic E-state index is 12.4. The molecule has 2 aliphatic rings. The summed E-state index contributed by atoms with van der Waals surface area (Å²) >= 11 is 0. The zero-order valence-electron chi connectivity index (χ0n) is 13.3. The number of Topliss-reactive ketones (excluding diaryl/α,β-unsaturated/α-hetero) is 1. The van der Waals surface area contributed by atoms with Gasteiger partial charge in [0.15, 0.2) is 0 Å².